The lowest BCUT2D eigenvalue weighted by Crippen LogP contribution is -2.36. The molecule has 4 atom stereocenters. The van der Waals surface area contributed by atoms with Crippen LogP contribution in [0.4, 0.5) is 5.69 Å². The monoisotopic (exact) mass is 607 g/mol. The smallest absolute Gasteiger partial charge is 0.488 e. The molecule has 0 spiro atoms. The van der Waals surface area contributed by atoms with Gasteiger partial charge in [-0.15, -0.1) is 0 Å². The van der Waals surface area contributed by atoms with Gasteiger partial charge in [-0.1, -0.05) is 66.1 Å². The van der Waals surface area contributed by atoms with E-state index in [9.17, 15) is 24.7 Å². The number of amides is 2. The molecule has 0 aromatic heterocycles. The molecule has 2 heterocycles. The zero-order chi connectivity index (χ0) is 28.7. The summed E-state index contributed by atoms with van der Waals surface area (Å²) >= 11 is 3.48. The quantitative estimate of drug-likeness (QED) is 0.230. The van der Waals surface area contributed by atoms with Crippen molar-refractivity contribution in [2.24, 2.45) is 23.7 Å². The number of hydrogen-bond donors (Lipinski definition) is 3. The van der Waals surface area contributed by atoms with Gasteiger partial charge in [-0.3, -0.25) is 14.5 Å². The van der Waals surface area contributed by atoms with Crippen molar-refractivity contribution in [3.8, 4) is 5.75 Å². The van der Waals surface area contributed by atoms with Crippen LogP contribution in [0, 0.1) is 23.7 Å². The first-order valence-electron chi connectivity index (χ1n) is 14.0. The van der Waals surface area contributed by atoms with Gasteiger partial charge in [0.2, 0.25) is 11.8 Å². The maximum atomic E-state index is 13.8. The molecule has 0 saturated carbocycles. The number of benzene rings is 2. The Kier molecular flexibility index (Phi) is 8.38. The summed E-state index contributed by atoms with van der Waals surface area (Å²) in [6.45, 7) is 6.77. The van der Waals surface area contributed by atoms with Gasteiger partial charge in [0.15, 0.2) is 0 Å². The number of nitrogens with zero attached hydrogens (tertiary/aromatic N) is 1. The van der Waals surface area contributed by atoms with E-state index in [1.807, 2.05) is 18.2 Å². The van der Waals surface area contributed by atoms with Gasteiger partial charge < -0.3 is 19.9 Å². The topological polar surface area (TPSA) is 107 Å². The van der Waals surface area contributed by atoms with Gasteiger partial charge in [-0.25, -0.2) is 0 Å². The van der Waals surface area contributed by atoms with Gasteiger partial charge in [0.05, 0.1) is 30.2 Å². The summed E-state index contributed by atoms with van der Waals surface area (Å²) in [6, 6.07) is 11.7. The molecule has 1 aliphatic carbocycles. The van der Waals surface area contributed by atoms with E-state index in [1.165, 1.54) is 27.7 Å². The van der Waals surface area contributed by atoms with Crippen molar-refractivity contribution in [3.05, 3.63) is 69.2 Å². The molecule has 9 heteroatoms. The summed E-state index contributed by atoms with van der Waals surface area (Å²) in [5.41, 5.74) is 4.96. The number of fused-ring (bicyclic) bond motifs is 3. The predicted octanol–water partition coefficient (Wildman–Crippen LogP) is 4.59. The number of carbonyl (C=O) groups excluding carboxylic acids is 2. The minimum atomic E-state index is -1.69. The average molecular weight is 608 g/mol. The number of imide groups is 1. The molecule has 2 aromatic carbocycles. The molecule has 40 heavy (non-hydrogen) atoms. The third kappa shape index (κ3) is 5.32. The molecular formula is C31H35BBrNO6. The number of phenols is 1. The van der Waals surface area contributed by atoms with Crippen LogP contribution in [-0.2, 0) is 14.3 Å². The minimum Gasteiger partial charge on any atom is -0.507 e. The molecule has 2 aromatic rings. The van der Waals surface area contributed by atoms with Crippen LogP contribution < -0.4 is 10.4 Å². The van der Waals surface area contributed by atoms with Crippen molar-refractivity contribution in [1.29, 1.82) is 0 Å². The Labute approximate surface area is 243 Å². The van der Waals surface area contributed by atoms with Gasteiger partial charge in [0, 0.05) is 16.0 Å². The molecule has 0 bridgehead atoms. The first kappa shape index (κ1) is 28.8. The van der Waals surface area contributed by atoms with E-state index < -0.39 is 19.0 Å². The zero-order valence-electron chi connectivity index (χ0n) is 23.0. The van der Waals surface area contributed by atoms with Crippen LogP contribution in [0.5, 0.6) is 5.75 Å². The van der Waals surface area contributed by atoms with E-state index in [2.05, 4.69) is 36.7 Å². The lowest BCUT2D eigenvalue weighted by molar-refractivity contribution is -0.122. The van der Waals surface area contributed by atoms with E-state index in [0.717, 1.165) is 29.3 Å². The van der Waals surface area contributed by atoms with E-state index in [0.29, 0.717) is 18.7 Å². The highest BCUT2D eigenvalue weighted by atomic mass is 79.9. The number of phenolic OH excluding ortho intramolecular Hbond substituents is 1. The highest BCUT2D eigenvalue weighted by Gasteiger charge is 2.57. The molecule has 7 nitrogen and oxygen atoms in total. The zero-order valence-corrected chi connectivity index (χ0v) is 24.6. The van der Waals surface area contributed by atoms with Crippen molar-refractivity contribution in [1.82, 2.24) is 0 Å². The first-order valence-corrected chi connectivity index (χ1v) is 14.8. The molecule has 3 N–H and O–H groups in total. The highest BCUT2D eigenvalue weighted by molar-refractivity contribution is 9.10. The Morgan fingerprint density at radius 3 is 2.62 bits per heavy atom. The fraction of sp³-hybridized carbons (Fsp3) is 0.419. The number of rotatable bonds is 8. The molecule has 2 fully saturated rings. The number of carbonyl (C=O) groups is 2. The van der Waals surface area contributed by atoms with Crippen LogP contribution in [0.2, 0.25) is 0 Å². The van der Waals surface area contributed by atoms with E-state index in [1.54, 1.807) is 24.3 Å². The van der Waals surface area contributed by atoms with Crippen LogP contribution in [-0.4, -0.2) is 46.8 Å². The Balaban J connectivity index is 1.40. The van der Waals surface area contributed by atoms with Gasteiger partial charge in [-0.05, 0) is 73.0 Å². The van der Waals surface area contributed by atoms with Crippen LogP contribution >= 0.6 is 15.9 Å². The number of halogens is 1. The number of anilines is 1. The maximum Gasteiger partial charge on any atom is 0.488 e. The lowest BCUT2D eigenvalue weighted by Gasteiger charge is -2.33. The fourth-order valence-corrected chi connectivity index (χ4v) is 6.94. The summed E-state index contributed by atoms with van der Waals surface area (Å²) in [4.78, 5) is 28.7. The molecule has 0 radical (unpaired) electrons. The predicted molar refractivity (Wildman–Crippen MR) is 159 cm³/mol. The van der Waals surface area contributed by atoms with Crippen LogP contribution in [0.3, 0.4) is 0 Å². The number of aromatic hydroxyl groups is 1. The fourth-order valence-electron chi connectivity index (χ4n) is 6.57. The van der Waals surface area contributed by atoms with Crippen molar-refractivity contribution in [2.45, 2.75) is 52.6 Å². The Morgan fingerprint density at radius 2 is 1.93 bits per heavy atom. The van der Waals surface area contributed by atoms with Crippen LogP contribution in [0.15, 0.2) is 63.7 Å². The molecule has 2 aliphatic heterocycles. The standard InChI is InChI=1S/C31H35BBrNO6/c1-4-18(12-19-13-21(33)9-10-26(19)35)8-11-27-28-23(17(2)3)15-24-29(25(28)16-40-27)31(37)34(30(24)36)22-7-5-6-20(14-22)32(38)39/h5-7,9-10,12-14,17,24-25,27,29,35,38-39H,4,8,11,15-16H2,1-3H3/b18-12+/t24-,25+,27-,29-/m1/s1. The summed E-state index contributed by atoms with van der Waals surface area (Å²) in [7, 11) is -1.69. The lowest BCUT2D eigenvalue weighted by atomic mass is 9.67. The molecule has 210 valence electrons. The largest absolute Gasteiger partial charge is 0.507 e. The van der Waals surface area contributed by atoms with Gasteiger partial charge in [0.25, 0.3) is 0 Å². The normalized spacial score (nSPS) is 24.7. The van der Waals surface area contributed by atoms with Crippen LogP contribution in [0.1, 0.15) is 52.0 Å². The van der Waals surface area contributed by atoms with Crippen molar-refractivity contribution < 1.29 is 29.5 Å². The maximum absolute atomic E-state index is 13.8. The van der Waals surface area contributed by atoms with Crippen LogP contribution in [0.25, 0.3) is 6.08 Å². The van der Waals surface area contributed by atoms with Crippen molar-refractivity contribution in [2.75, 3.05) is 11.5 Å². The molecule has 5 rings (SSSR count). The second-order valence-electron chi connectivity index (χ2n) is 11.3. The molecule has 3 aliphatic rings. The first-order chi connectivity index (χ1) is 19.1. The Hall–Kier alpha value is -2.72. The van der Waals surface area contributed by atoms with Gasteiger partial charge in [-0.2, -0.15) is 0 Å². The second kappa shape index (κ2) is 11.6. The Morgan fingerprint density at radius 1 is 1.15 bits per heavy atom. The molecule has 2 saturated heterocycles. The third-order valence-corrected chi connectivity index (χ3v) is 9.09. The summed E-state index contributed by atoms with van der Waals surface area (Å²) < 4.78 is 7.27. The molecule has 0 unspecified atom stereocenters. The number of ether oxygens (including phenoxy) is 1. The van der Waals surface area contributed by atoms with Gasteiger partial charge in [0.1, 0.15) is 5.75 Å². The van der Waals surface area contributed by atoms with E-state index in [4.69, 9.17) is 4.74 Å². The van der Waals surface area contributed by atoms with E-state index in [-0.39, 0.29) is 41.0 Å². The molecular weight excluding hydrogens is 573 g/mol. The summed E-state index contributed by atoms with van der Waals surface area (Å²) in [6.07, 6.45) is 4.83. The number of allylic oxidation sites excluding steroid dienone is 2. The SMILES string of the molecule is CC/C(=C\c1cc(Br)ccc1O)CC[C@H]1OC[C@H]2C1=C(C(C)C)C[C@H]1C(=O)N(c3cccc(B(O)O)c3)C(=O)[C@H]12. The van der Waals surface area contributed by atoms with E-state index >= 15 is 0 Å². The van der Waals surface area contributed by atoms with Crippen molar-refractivity contribution >= 4 is 52.1 Å². The average Bonchev–Trinajstić information content (AvgIpc) is 3.46. The number of hydrogen-bond acceptors (Lipinski definition) is 6. The Bertz CT molecular complexity index is 1390. The van der Waals surface area contributed by atoms with Gasteiger partial charge >= 0.3 is 7.12 Å². The summed E-state index contributed by atoms with van der Waals surface area (Å²) in [5, 5.41) is 29.5. The molecule has 2 amide bonds. The summed E-state index contributed by atoms with van der Waals surface area (Å²) in [5.74, 6) is -1.11. The third-order valence-electron chi connectivity index (χ3n) is 8.60. The second-order valence-corrected chi connectivity index (χ2v) is 12.2. The van der Waals surface area contributed by atoms with Crippen molar-refractivity contribution in [3.63, 3.8) is 0 Å². The minimum absolute atomic E-state index is 0.126. The highest BCUT2D eigenvalue weighted by Crippen LogP contribution is 2.52.